The molecule has 0 aliphatic heterocycles. The lowest BCUT2D eigenvalue weighted by atomic mass is 10.2. The van der Waals surface area contributed by atoms with E-state index < -0.39 is 0 Å². The summed E-state index contributed by atoms with van der Waals surface area (Å²) in [6.45, 7) is 9.16. The van der Waals surface area contributed by atoms with Gasteiger partial charge in [0.1, 0.15) is 0 Å². The highest BCUT2D eigenvalue weighted by Crippen LogP contribution is 2.11. The maximum absolute atomic E-state index is 6.68. The summed E-state index contributed by atoms with van der Waals surface area (Å²) in [7, 11) is 0. The number of hydrogen-bond acceptors (Lipinski definition) is 3. The molecule has 0 aliphatic carbocycles. The third kappa shape index (κ3) is 2.71. The van der Waals surface area contributed by atoms with Crippen molar-refractivity contribution in [3.8, 4) is 0 Å². The monoisotopic (exact) mass is 193 g/mol. The van der Waals surface area contributed by atoms with Gasteiger partial charge >= 0.3 is 0 Å². The second-order valence-electron chi connectivity index (χ2n) is 2.60. The van der Waals surface area contributed by atoms with E-state index in [4.69, 9.17) is 6.57 Å². The molecule has 68 valence electrons. The van der Waals surface area contributed by atoms with E-state index in [1.54, 1.807) is 0 Å². The van der Waals surface area contributed by atoms with Crippen molar-refractivity contribution in [1.29, 1.82) is 0 Å². The maximum atomic E-state index is 6.68. The van der Waals surface area contributed by atoms with Crippen molar-refractivity contribution in [1.82, 2.24) is 9.97 Å². The zero-order chi connectivity index (χ0) is 9.68. The normalized spacial score (nSPS) is 9.62. The quantitative estimate of drug-likeness (QED) is 0.417. The first-order valence-electron chi connectivity index (χ1n) is 3.97. The highest BCUT2D eigenvalue weighted by molar-refractivity contribution is 7.98. The Bertz CT molecular complexity index is 330. The van der Waals surface area contributed by atoms with Crippen LogP contribution in [0.4, 0.5) is 0 Å². The van der Waals surface area contributed by atoms with Gasteiger partial charge in [-0.1, -0.05) is 11.8 Å². The summed E-state index contributed by atoms with van der Waals surface area (Å²) in [5.41, 5.74) is 2.07. The first-order chi connectivity index (χ1) is 6.27. The molecule has 0 N–H and O–H groups in total. The minimum Gasteiger partial charge on any atom is -0.317 e. The van der Waals surface area contributed by atoms with Gasteiger partial charge in [-0.3, -0.25) is 0 Å². The van der Waals surface area contributed by atoms with Crippen LogP contribution in [0.15, 0.2) is 11.4 Å². The summed E-state index contributed by atoms with van der Waals surface area (Å²) in [4.78, 5) is 11.8. The van der Waals surface area contributed by atoms with Gasteiger partial charge in [0.25, 0.3) is 0 Å². The average Bonchev–Trinajstić information content (AvgIpc) is 2.16. The predicted octanol–water partition coefficient (Wildman–Crippen LogP) is 1.97. The standard InChI is InChI=1S/C9H11N3S/c1-7-8(4-5-10-2)6-11-9(12-7)13-3/h6H,4-5H2,1,3H3. The molecule has 1 rings (SSSR count). The Morgan fingerprint density at radius 3 is 2.92 bits per heavy atom. The van der Waals surface area contributed by atoms with Crippen molar-refractivity contribution in [3.05, 3.63) is 28.9 Å². The number of thioether (sulfide) groups is 1. The Labute approximate surface area is 82.4 Å². The Morgan fingerprint density at radius 2 is 2.38 bits per heavy atom. The minimum atomic E-state index is 0.517. The SMILES string of the molecule is [C-]#[N+]CCc1cnc(SC)nc1C. The largest absolute Gasteiger partial charge is 0.317 e. The van der Waals surface area contributed by atoms with Gasteiger partial charge in [-0.25, -0.2) is 16.5 Å². The first kappa shape index (κ1) is 10.0. The number of rotatable bonds is 3. The molecule has 0 amide bonds. The molecular weight excluding hydrogens is 182 g/mol. The lowest BCUT2D eigenvalue weighted by Gasteiger charge is -2.01. The van der Waals surface area contributed by atoms with Gasteiger partial charge in [0.05, 0.1) is 0 Å². The van der Waals surface area contributed by atoms with Crippen LogP contribution in [-0.4, -0.2) is 22.8 Å². The summed E-state index contributed by atoms with van der Waals surface area (Å²) < 4.78 is 0. The van der Waals surface area contributed by atoms with Gasteiger partial charge in [-0.15, -0.1) is 0 Å². The molecule has 0 spiro atoms. The van der Waals surface area contributed by atoms with Crippen molar-refractivity contribution >= 4 is 11.8 Å². The van der Waals surface area contributed by atoms with Gasteiger partial charge in [-0.05, 0) is 18.7 Å². The van der Waals surface area contributed by atoms with Crippen molar-refractivity contribution in [3.63, 3.8) is 0 Å². The minimum absolute atomic E-state index is 0.517. The molecule has 3 nitrogen and oxygen atoms in total. The van der Waals surface area contributed by atoms with Crippen LogP contribution in [0.2, 0.25) is 0 Å². The molecule has 0 fully saturated rings. The van der Waals surface area contributed by atoms with Gasteiger partial charge in [0.15, 0.2) is 5.16 Å². The van der Waals surface area contributed by atoms with E-state index in [2.05, 4.69) is 14.8 Å². The third-order valence-corrected chi connectivity index (χ3v) is 2.30. The Morgan fingerprint density at radius 1 is 1.62 bits per heavy atom. The Hall–Kier alpha value is -1.08. The summed E-state index contributed by atoms with van der Waals surface area (Å²) in [5, 5.41) is 0.795. The van der Waals surface area contributed by atoms with Crippen LogP contribution >= 0.6 is 11.8 Å². The molecule has 0 radical (unpaired) electrons. The van der Waals surface area contributed by atoms with Crippen molar-refractivity contribution in [2.45, 2.75) is 18.5 Å². The van der Waals surface area contributed by atoms with E-state index in [1.165, 1.54) is 11.8 Å². The molecule has 0 aliphatic rings. The molecule has 1 aromatic rings. The van der Waals surface area contributed by atoms with Gasteiger partial charge in [0, 0.05) is 18.3 Å². The molecule has 1 heterocycles. The lowest BCUT2D eigenvalue weighted by Crippen LogP contribution is -1.98. The molecule has 0 unspecified atom stereocenters. The average molecular weight is 193 g/mol. The highest BCUT2D eigenvalue weighted by Gasteiger charge is 2.03. The van der Waals surface area contributed by atoms with Crippen LogP contribution in [0, 0.1) is 13.5 Å². The number of aromatic nitrogens is 2. The molecule has 4 heteroatoms. The molecular formula is C9H11N3S. The molecule has 0 saturated carbocycles. The fraction of sp³-hybridized carbons (Fsp3) is 0.444. The van der Waals surface area contributed by atoms with Crippen LogP contribution in [0.3, 0.4) is 0 Å². The van der Waals surface area contributed by atoms with Crippen LogP contribution < -0.4 is 0 Å². The smallest absolute Gasteiger partial charge is 0.218 e. The van der Waals surface area contributed by atoms with Crippen LogP contribution in [-0.2, 0) is 6.42 Å². The molecule has 0 aromatic carbocycles. The fourth-order valence-electron chi connectivity index (χ4n) is 0.991. The predicted molar refractivity (Wildman–Crippen MR) is 53.7 cm³/mol. The lowest BCUT2D eigenvalue weighted by molar-refractivity contribution is 0.883. The van der Waals surface area contributed by atoms with Crippen molar-refractivity contribution in [2.75, 3.05) is 12.8 Å². The Kier molecular flexibility index (Phi) is 3.71. The van der Waals surface area contributed by atoms with E-state index in [-0.39, 0.29) is 0 Å². The zero-order valence-corrected chi connectivity index (χ0v) is 8.56. The fourth-order valence-corrected chi connectivity index (χ4v) is 1.38. The molecule has 0 atom stereocenters. The summed E-state index contributed by atoms with van der Waals surface area (Å²) >= 11 is 1.53. The summed E-state index contributed by atoms with van der Waals surface area (Å²) in [5.74, 6) is 0. The van der Waals surface area contributed by atoms with Gasteiger partial charge < -0.3 is 4.85 Å². The molecule has 1 aromatic heterocycles. The second kappa shape index (κ2) is 4.83. The first-order valence-corrected chi connectivity index (χ1v) is 5.20. The van der Waals surface area contributed by atoms with E-state index in [0.717, 1.165) is 22.8 Å². The van der Waals surface area contributed by atoms with Gasteiger partial charge in [0.2, 0.25) is 6.54 Å². The number of hydrogen-bond donors (Lipinski definition) is 0. The van der Waals surface area contributed by atoms with Crippen molar-refractivity contribution in [2.24, 2.45) is 0 Å². The molecule has 0 saturated heterocycles. The van der Waals surface area contributed by atoms with Gasteiger partial charge in [-0.2, -0.15) is 0 Å². The zero-order valence-electron chi connectivity index (χ0n) is 7.74. The number of aryl methyl sites for hydroxylation is 1. The topological polar surface area (TPSA) is 30.1 Å². The third-order valence-electron chi connectivity index (χ3n) is 1.73. The van der Waals surface area contributed by atoms with E-state index in [9.17, 15) is 0 Å². The summed E-state index contributed by atoms with van der Waals surface area (Å²) in [6, 6.07) is 0. The maximum Gasteiger partial charge on any atom is 0.218 e. The summed E-state index contributed by atoms with van der Waals surface area (Å²) in [6.07, 6.45) is 4.52. The van der Waals surface area contributed by atoms with Crippen molar-refractivity contribution < 1.29 is 0 Å². The highest BCUT2D eigenvalue weighted by atomic mass is 32.2. The molecule has 0 bridgehead atoms. The Balaban J connectivity index is 2.80. The van der Waals surface area contributed by atoms with Crippen LogP contribution in [0.25, 0.3) is 4.85 Å². The second-order valence-corrected chi connectivity index (χ2v) is 3.37. The van der Waals surface area contributed by atoms with E-state index >= 15 is 0 Å². The van der Waals surface area contributed by atoms with Crippen LogP contribution in [0.5, 0.6) is 0 Å². The molecule has 13 heavy (non-hydrogen) atoms. The van der Waals surface area contributed by atoms with E-state index in [1.807, 2.05) is 19.4 Å². The van der Waals surface area contributed by atoms with E-state index in [0.29, 0.717) is 6.54 Å². The number of nitrogens with zero attached hydrogens (tertiary/aromatic N) is 3. The van der Waals surface area contributed by atoms with Crippen LogP contribution in [0.1, 0.15) is 11.3 Å².